The maximum absolute atomic E-state index is 13.3. The molecule has 0 spiro atoms. The number of rotatable bonds is 7. The lowest BCUT2D eigenvalue weighted by Gasteiger charge is -2.35. The van der Waals surface area contributed by atoms with Crippen LogP contribution in [0.2, 0.25) is 0 Å². The molecule has 7 nitrogen and oxygen atoms in total. The maximum atomic E-state index is 13.3. The fraction of sp³-hybridized carbons (Fsp3) is 0.304. The second kappa shape index (κ2) is 9.82. The molecule has 3 aromatic rings. The molecule has 2 aromatic carbocycles. The van der Waals surface area contributed by atoms with E-state index in [1.54, 1.807) is 6.07 Å². The summed E-state index contributed by atoms with van der Waals surface area (Å²) in [6.45, 7) is 4.39. The summed E-state index contributed by atoms with van der Waals surface area (Å²) in [5, 5.41) is 13.0. The van der Waals surface area contributed by atoms with Crippen LogP contribution < -0.4 is 5.32 Å². The summed E-state index contributed by atoms with van der Waals surface area (Å²) in [5.41, 5.74) is 1.45. The van der Waals surface area contributed by atoms with Gasteiger partial charge in [-0.2, -0.15) is 0 Å². The Hall–Kier alpha value is -3.07. The third-order valence-electron chi connectivity index (χ3n) is 5.31. The third-order valence-corrected chi connectivity index (χ3v) is 5.31. The van der Waals surface area contributed by atoms with Gasteiger partial charge in [0, 0.05) is 38.4 Å². The molecule has 1 aliphatic heterocycles. The minimum absolute atomic E-state index is 0.156. The zero-order chi connectivity index (χ0) is 21.6. The number of anilines is 1. The molecule has 2 N–H and O–H groups in total. The van der Waals surface area contributed by atoms with E-state index >= 15 is 0 Å². The van der Waals surface area contributed by atoms with Crippen molar-refractivity contribution in [3.8, 4) is 0 Å². The van der Waals surface area contributed by atoms with E-state index in [0.29, 0.717) is 24.7 Å². The standard InChI is InChI=1S/C23H25FN4O3/c24-18-7-4-8-19(13-18)25-23(30)20-16-31-22(26-20)15-28-11-9-27(10-12-28)14-21(29)17-5-2-1-3-6-17/h1-8,13,16,21,29H,9-12,14-15H2,(H,25,30)/t21-/m0/s1. The van der Waals surface area contributed by atoms with Crippen LogP contribution >= 0.6 is 0 Å². The van der Waals surface area contributed by atoms with Crippen LogP contribution in [0, 0.1) is 5.82 Å². The average Bonchev–Trinajstić information content (AvgIpc) is 3.24. The van der Waals surface area contributed by atoms with Gasteiger partial charge in [-0.25, -0.2) is 9.37 Å². The molecule has 0 radical (unpaired) electrons. The molecule has 1 aliphatic rings. The molecule has 1 saturated heterocycles. The van der Waals surface area contributed by atoms with E-state index < -0.39 is 17.8 Å². The van der Waals surface area contributed by atoms with Crippen LogP contribution in [0.1, 0.15) is 28.0 Å². The van der Waals surface area contributed by atoms with Gasteiger partial charge >= 0.3 is 0 Å². The summed E-state index contributed by atoms with van der Waals surface area (Å²) >= 11 is 0. The van der Waals surface area contributed by atoms with Gasteiger partial charge in [0.25, 0.3) is 5.91 Å². The van der Waals surface area contributed by atoms with Crippen LogP contribution in [0.25, 0.3) is 0 Å². The van der Waals surface area contributed by atoms with Gasteiger partial charge in [0.2, 0.25) is 5.89 Å². The Morgan fingerprint density at radius 2 is 1.84 bits per heavy atom. The Bertz CT molecular complexity index is 1000. The molecule has 1 amide bonds. The van der Waals surface area contributed by atoms with Gasteiger partial charge in [-0.05, 0) is 23.8 Å². The molecule has 4 rings (SSSR count). The van der Waals surface area contributed by atoms with E-state index in [1.165, 1.54) is 24.5 Å². The summed E-state index contributed by atoms with van der Waals surface area (Å²) < 4.78 is 18.7. The van der Waals surface area contributed by atoms with Gasteiger partial charge in [-0.15, -0.1) is 0 Å². The van der Waals surface area contributed by atoms with E-state index in [0.717, 1.165) is 31.7 Å². The highest BCUT2D eigenvalue weighted by molar-refractivity contribution is 6.02. The zero-order valence-electron chi connectivity index (χ0n) is 17.1. The van der Waals surface area contributed by atoms with Crippen molar-refractivity contribution in [2.75, 3.05) is 38.0 Å². The van der Waals surface area contributed by atoms with Gasteiger partial charge in [0.05, 0.1) is 12.6 Å². The fourth-order valence-corrected chi connectivity index (χ4v) is 3.60. The summed E-state index contributed by atoms with van der Waals surface area (Å²) in [5.74, 6) is -0.406. The van der Waals surface area contributed by atoms with Gasteiger partial charge in [0.15, 0.2) is 5.69 Å². The number of oxazole rings is 1. The quantitative estimate of drug-likeness (QED) is 0.607. The van der Waals surface area contributed by atoms with Gasteiger partial charge in [-0.3, -0.25) is 14.6 Å². The van der Waals surface area contributed by atoms with Crippen molar-refractivity contribution in [2.24, 2.45) is 0 Å². The van der Waals surface area contributed by atoms with E-state index in [9.17, 15) is 14.3 Å². The predicted molar refractivity (Wildman–Crippen MR) is 114 cm³/mol. The molecule has 2 heterocycles. The van der Waals surface area contributed by atoms with Crippen molar-refractivity contribution >= 4 is 11.6 Å². The Balaban J connectivity index is 1.25. The summed E-state index contributed by atoms with van der Waals surface area (Å²) in [6, 6.07) is 15.4. The Morgan fingerprint density at radius 1 is 1.10 bits per heavy atom. The average molecular weight is 424 g/mol. The van der Waals surface area contributed by atoms with Crippen LogP contribution in [0.3, 0.4) is 0 Å². The minimum atomic E-state index is -0.501. The first-order valence-electron chi connectivity index (χ1n) is 10.3. The Labute approximate surface area is 180 Å². The molecular weight excluding hydrogens is 399 g/mol. The first-order chi connectivity index (χ1) is 15.1. The SMILES string of the molecule is O=C(Nc1cccc(F)c1)c1coc(CN2CCN(C[C@H](O)c3ccccc3)CC2)n1. The van der Waals surface area contributed by atoms with E-state index in [2.05, 4.69) is 20.1 Å². The summed E-state index contributed by atoms with van der Waals surface area (Å²) in [4.78, 5) is 21.0. The van der Waals surface area contributed by atoms with Crippen LogP contribution in [0.5, 0.6) is 0 Å². The second-order valence-electron chi connectivity index (χ2n) is 7.59. The number of aliphatic hydroxyl groups is 1. The highest BCUT2D eigenvalue weighted by atomic mass is 19.1. The van der Waals surface area contributed by atoms with Crippen LogP contribution in [0.15, 0.2) is 65.3 Å². The lowest BCUT2D eigenvalue weighted by atomic mass is 10.1. The molecule has 31 heavy (non-hydrogen) atoms. The predicted octanol–water partition coefficient (Wildman–Crippen LogP) is 2.92. The first kappa shape index (κ1) is 21.2. The number of hydrogen-bond donors (Lipinski definition) is 2. The molecule has 0 unspecified atom stereocenters. The molecule has 1 aromatic heterocycles. The number of piperazine rings is 1. The lowest BCUT2D eigenvalue weighted by molar-refractivity contribution is 0.0671. The zero-order valence-corrected chi connectivity index (χ0v) is 17.1. The van der Waals surface area contributed by atoms with Crippen molar-refractivity contribution < 1.29 is 18.7 Å². The Kier molecular flexibility index (Phi) is 6.71. The van der Waals surface area contributed by atoms with Gasteiger partial charge in [0.1, 0.15) is 12.1 Å². The number of nitrogens with zero attached hydrogens (tertiary/aromatic N) is 3. The van der Waals surface area contributed by atoms with Crippen LogP contribution in [-0.2, 0) is 6.54 Å². The van der Waals surface area contributed by atoms with Gasteiger partial charge in [-0.1, -0.05) is 36.4 Å². The van der Waals surface area contributed by atoms with Crippen molar-refractivity contribution in [3.63, 3.8) is 0 Å². The molecule has 0 aliphatic carbocycles. The van der Waals surface area contributed by atoms with E-state index in [4.69, 9.17) is 4.42 Å². The number of benzene rings is 2. The monoisotopic (exact) mass is 424 g/mol. The topological polar surface area (TPSA) is 81.8 Å². The molecule has 162 valence electrons. The normalized spacial score (nSPS) is 16.2. The molecular formula is C23H25FN4O3. The van der Waals surface area contributed by atoms with Crippen LogP contribution in [0.4, 0.5) is 10.1 Å². The number of hydrogen-bond acceptors (Lipinski definition) is 6. The molecule has 1 fully saturated rings. The molecule has 0 saturated carbocycles. The maximum Gasteiger partial charge on any atom is 0.277 e. The summed E-state index contributed by atoms with van der Waals surface area (Å²) in [7, 11) is 0. The van der Waals surface area contributed by atoms with Crippen molar-refractivity contribution in [1.29, 1.82) is 0 Å². The number of nitrogens with one attached hydrogen (secondary N) is 1. The number of carbonyl (C=O) groups excluding carboxylic acids is 1. The Morgan fingerprint density at radius 3 is 2.58 bits per heavy atom. The molecule has 1 atom stereocenters. The second-order valence-corrected chi connectivity index (χ2v) is 7.59. The summed E-state index contributed by atoms with van der Waals surface area (Å²) in [6.07, 6.45) is 0.815. The highest BCUT2D eigenvalue weighted by Crippen LogP contribution is 2.16. The molecule has 8 heteroatoms. The van der Waals surface area contributed by atoms with Crippen LogP contribution in [-0.4, -0.2) is 58.5 Å². The first-order valence-corrected chi connectivity index (χ1v) is 10.3. The number of β-amino-alcohol motifs (C(OH)–C–C–N with tert-alkyl or cyclic N) is 1. The lowest BCUT2D eigenvalue weighted by Crippen LogP contribution is -2.47. The number of aromatic nitrogens is 1. The number of carbonyl (C=O) groups is 1. The molecule has 0 bridgehead atoms. The van der Waals surface area contributed by atoms with E-state index in [-0.39, 0.29) is 5.69 Å². The number of amides is 1. The van der Waals surface area contributed by atoms with Crippen molar-refractivity contribution in [2.45, 2.75) is 12.6 Å². The third kappa shape index (κ3) is 5.75. The smallest absolute Gasteiger partial charge is 0.277 e. The van der Waals surface area contributed by atoms with Crippen molar-refractivity contribution in [1.82, 2.24) is 14.8 Å². The van der Waals surface area contributed by atoms with Crippen molar-refractivity contribution in [3.05, 3.63) is 83.8 Å². The fourth-order valence-electron chi connectivity index (χ4n) is 3.60. The minimum Gasteiger partial charge on any atom is -0.447 e. The number of halogens is 1. The largest absolute Gasteiger partial charge is 0.447 e. The van der Waals surface area contributed by atoms with E-state index in [1.807, 2.05) is 30.3 Å². The highest BCUT2D eigenvalue weighted by Gasteiger charge is 2.22. The number of aliphatic hydroxyl groups excluding tert-OH is 1. The van der Waals surface area contributed by atoms with Gasteiger partial charge < -0.3 is 14.8 Å².